The molecule has 1 saturated carbocycles. The molecule has 0 unspecified atom stereocenters. The third-order valence-electron chi connectivity index (χ3n) is 3.55. The summed E-state index contributed by atoms with van der Waals surface area (Å²) in [5.74, 6) is 0. The van der Waals surface area contributed by atoms with Crippen LogP contribution in [0.4, 0.5) is 0 Å². The van der Waals surface area contributed by atoms with E-state index < -0.39 is 0 Å². The minimum atomic E-state index is -0.127. The summed E-state index contributed by atoms with van der Waals surface area (Å²) < 4.78 is 1.48. The van der Waals surface area contributed by atoms with Gasteiger partial charge in [0.15, 0.2) is 0 Å². The van der Waals surface area contributed by atoms with Gasteiger partial charge in [0.05, 0.1) is 11.9 Å². The fourth-order valence-corrected chi connectivity index (χ4v) is 2.11. The molecule has 0 bridgehead atoms. The van der Waals surface area contributed by atoms with Gasteiger partial charge in [-0.1, -0.05) is 24.3 Å². The first-order chi connectivity index (χ1) is 8.60. The van der Waals surface area contributed by atoms with E-state index >= 15 is 0 Å². The number of benzene rings is 1. The Morgan fingerprint density at radius 1 is 1.28 bits per heavy atom. The van der Waals surface area contributed by atoms with Crippen molar-refractivity contribution in [1.29, 1.82) is 0 Å². The molecule has 0 saturated heterocycles. The van der Waals surface area contributed by atoms with E-state index in [1.54, 1.807) is 13.2 Å². The lowest BCUT2D eigenvalue weighted by atomic mass is 10.0. The molecule has 4 heteroatoms. The van der Waals surface area contributed by atoms with Crippen molar-refractivity contribution in [3.05, 3.63) is 52.7 Å². The average molecular weight is 241 g/mol. The first-order valence-electron chi connectivity index (χ1n) is 6.01. The van der Waals surface area contributed by atoms with E-state index in [9.17, 15) is 4.79 Å². The lowest BCUT2D eigenvalue weighted by Gasteiger charge is -2.09. The highest BCUT2D eigenvalue weighted by atomic mass is 16.1. The van der Waals surface area contributed by atoms with E-state index in [1.165, 1.54) is 10.9 Å². The lowest BCUT2D eigenvalue weighted by Crippen LogP contribution is -2.19. The van der Waals surface area contributed by atoms with Crippen LogP contribution in [0.1, 0.15) is 18.4 Å². The molecule has 92 valence electrons. The molecule has 1 aromatic carbocycles. The summed E-state index contributed by atoms with van der Waals surface area (Å²) in [6, 6.07) is 7.91. The van der Waals surface area contributed by atoms with Gasteiger partial charge in [0, 0.05) is 18.8 Å². The van der Waals surface area contributed by atoms with Crippen LogP contribution in [0.25, 0.3) is 11.1 Å². The maximum Gasteiger partial charge on any atom is 0.260 e. The number of nitrogens with two attached hydrogens (primary N) is 1. The molecular formula is C14H15N3O. The summed E-state index contributed by atoms with van der Waals surface area (Å²) in [7, 11) is 1.70. The van der Waals surface area contributed by atoms with Crippen molar-refractivity contribution in [2.75, 3.05) is 0 Å². The van der Waals surface area contributed by atoms with Gasteiger partial charge in [0.25, 0.3) is 5.56 Å². The van der Waals surface area contributed by atoms with Crippen LogP contribution >= 0.6 is 0 Å². The minimum absolute atomic E-state index is 0.0355. The second-order valence-electron chi connectivity index (χ2n) is 4.96. The van der Waals surface area contributed by atoms with Gasteiger partial charge in [-0.05, 0) is 24.0 Å². The van der Waals surface area contributed by atoms with Gasteiger partial charge in [-0.15, -0.1) is 0 Å². The Balaban J connectivity index is 2.02. The zero-order valence-electron chi connectivity index (χ0n) is 10.3. The normalized spacial score (nSPS) is 16.6. The molecule has 1 aromatic heterocycles. The second kappa shape index (κ2) is 3.78. The van der Waals surface area contributed by atoms with E-state index in [2.05, 4.69) is 4.98 Å². The first-order valence-corrected chi connectivity index (χ1v) is 6.01. The topological polar surface area (TPSA) is 60.9 Å². The fraction of sp³-hybridized carbons (Fsp3) is 0.286. The second-order valence-corrected chi connectivity index (χ2v) is 4.96. The predicted molar refractivity (Wildman–Crippen MR) is 70.0 cm³/mol. The standard InChI is InChI=1S/C14H15N3O/c1-17-9-16-8-12(13(17)18)10-2-4-11(5-3-10)14(15)6-7-14/h2-5,8-9H,6-7,15H2,1H3. The van der Waals surface area contributed by atoms with Crippen LogP contribution in [0.3, 0.4) is 0 Å². The molecule has 1 aliphatic carbocycles. The molecule has 0 amide bonds. The van der Waals surface area contributed by atoms with E-state index in [0.29, 0.717) is 5.56 Å². The van der Waals surface area contributed by atoms with E-state index in [0.717, 1.165) is 24.0 Å². The van der Waals surface area contributed by atoms with Gasteiger partial charge < -0.3 is 10.3 Å². The molecule has 2 N–H and O–H groups in total. The molecule has 2 aromatic rings. The van der Waals surface area contributed by atoms with Crippen LogP contribution in [0.15, 0.2) is 41.6 Å². The molecule has 1 fully saturated rings. The summed E-state index contributed by atoms with van der Waals surface area (Å²) in [5.41, 5.74) is 8.62. The molecule has 0 atom stereocenters. The minimum Gasteiger partial charge on any atom is -0.321 e. The molecule has 4 nitrogen and oxygen atoms in total. The first kappa shape index (κ1) is 11.2. The van der Waals surface area contributed by atoms with Crippen molar-refractivity contribution < 1.29 is 0 Å². The van der Waals surface area contributed by atoms with Crippen molar-refractivity contribution in [3.63, 3.8) is 0 Å². The number of hydrogen-bond donors (Lipinski definition) is 1. The van der Waals surface area contributed by atoms with Crippen molar-refractivity contribution >= 4 is 0 Å². The molecule has 3 rings (SSSR count). The quantitative estimate of drug-likeness (QED) is 0.864. The number of rotatable bonds is 2. The summed E-state index contributed by atoms with van der Waals surface area (Å²) in [6.45, 7) is 0. The van der Waals surface area contributed by atoms with Crippen LogP contribution in [0.5, 0.6) is 0 Å². The summed E-state index contributed by atoms with van der Waals surface area (Å²) in [5, 5.41) is 0. The summed E-state index contributed by atoms with van der Waals surface area (Å²) >= 11 is 0. The molecule has 0 radical (unpaired) electrons. The van der Waals surface area contributed by atoms with Crippen molar-refractivity contribution in [2.45, 2.75) is 18.4 Å². The maximum atomic E-state index is 12.0. The van der Waals surface area contributed by atoms with Crippen molar-refractivity contribution in [1.82, 2.24) is 9.55 Å². The highest BCUT2D eigenvalue weighted by Crippen LogP contribution is 2.42. The van der Waals surface area contributed by atoms with Gasteiger partial charge in [0.1, 0.15) is 0 Å². The smallest absolute Gasteiger partial charge is 0.260 e. The third kappa shape index (κ3) is 1.75. The Labute approximate surface area is 105 Å². The Kier molecular flexibility index (Phi) is 2.35. The van der Waals surface area contributed by atoms with Gasteiger partial charge in [-0.2, -0.15) is 0 Å². The van der Waals surface area contributed by atoms with E-state index in [4.69, 9.17) is 5.73 Å². The molecular weight excluding hydrogens is 226 g/mol. The molecule has 0 spiro atoms. The van der Waals surface area contributed by atoms with Crippen LogP contribution in [0.2, 0.25) is 0 Å². The van der Waals surface area contributed by atoms with Crippen LogP contribution in [0, 0.1) is 0 Å². The molecule has 0 aliphatic heterocycles. The van der Waals surface area contributed by atoms with Crippen LogP contribution in [-0.4, -0.2) is 9.55 Å². The SMILES string of the molecule is Cn1cncc(-c2ccc(C3(N)CC3)cc2)c1=O. The molecule has 18 heavy (non-hydrogen) atoms. The van der Waals surface area contributed by atoms with Gasteiger partial charge in [-0.25, -0.2) is 4.98 Å². The highest BCUT2D eigenvalue weighted by Gasteiger charge is 2.39. The average Bonchev–Trinajstić information content (AvgIpc) is 3.13. The maximum absolute atomic E-state index is 12.0. The van der Waals surface area contributed by atoms with Crippen LogP contribution < -0.4 is 11.3 Å². The van der Waals surface area contributed by atoms with Gasteiger partial charge in [0.2, 0.25) is 0 Å². The zero-order chi connectivity index (χ0) is 12.8. The van der Waals surface area contributed by atoms with E-state index in [1.807, 2.05) is 24.3 Å². The monoisotopic (exact) mass is 241 g/mol. The van der Waals surface area contributed by atoms with Gasteiger partial charge >= 0.3 is 0 Å². The number of aromatic nitrogens is 2. The van der Waals surface area contributed by atoms with Crippen molar-refractivity contribution in [3.8, 4) is 11.1 Å². The Morgan fingerprint density at radius 3 is 2.56 bits per heavy atom. The Hall–Kier alpha value is -1.94. The fourth-order valence-electron chi connectivity index (χ4n) is 2.11. The number of aryl methyl sites for hydroxylation is 1. The summed E-state index contributed by atoms with van der Waals surface area (Å²) in [4.78, 5) is 16.0. The summed E-state index contributed by atoms with van der Waals surface area (Å²) in [6.07, 6.45) is 5.20. The zero-order valence-corrected chi connectivity index (χ0v) is 10.3. The largest absolute Gasteiger partial charge is 0.321 e. The Morgan fingerprint density at radius 2 is 1.94 bits per heavy atom. The lowest BCUT2D eigenvalue weighted by molar-refractivity contribution is 0.740. The molecule has 1 heterocycles. The number of nitrogens with zero attached hydrogens (tertiary/aromatic N) is 2. The predicted octanol–water partition coefficient (Wildman–Crippen LogP) is 1.40. The molecule has 1 aliphatic rings. The van der Waals surface area contributed by atoms with Crippen LogP contribution in [-0.2, 0) is 12.6 Å². The van der Waals surface area contributed by atoms with Crippen molar-refractivity contribution in [2.24, 2.45) is 12.8 Å². The van der Waals surface area contributed by atoms with E-state index in [-0.39, 0.29) is 11.1 Å². The Bertz CT molecular complexity index is 639. The highest BCUT2D eigenvalue weighted by molar-refractivity contribution is 5.62. The number of hydrogen-bond acceptors (Lipinski definition) is 3. The third-order valence-corrected chi connectivity index (χ3v) is 3.55. The van der Waals surface area contributed by atoms with Gasteiger partial charge in [-0.3, -0.25) is 4.79 Å².